The standard InChI is InChI=1S/C13H18N4O4S/c18-22(19,17-5-8-20-9-6-17)15-3-4-16-11-12(10-14-16)13-2-1-7-21-13/h1-2,7,10-11,15H,3-6,8-9H2. The minimum Gasteiger partial charge on any atom is -0.464 e. The van der Waals surface area contributed by atoms with Gasteiger partial charge in [-0.2, -0.15) is 17.8 Å². The Morgan fingerprint density at radius 3 is 2.86 bits per heavy atom. The Labute approximate surface area is 128 Å². The third-order valence-electron chi connectivity index (χ3n) is 3.37. The second kappa shape index (κ2) is 6.61. The Balaban J connectivity index is 1.52. The lowest BCUT2D eigenvalue weighted by molar-refractivity contribution is 0.0725. The molecule has 1 aliphatic rings. The summed E-state index contributed by atoms with van der Waals surface area (Å²) < 4.78 is 40.3. The van der Waals surface area contributed by atoms with Crippen molar-refractivity contribution in [2.45, 2.75) is 6.54 Å². The molecule has 1 saturated heterocycles. The Hall–Kier alpha value is -1.68. The molecular formula is C13H18N4O4S. The maximum Gasteiger partial charge on any atom is 0.279 e. The van der Waals surface area contributed by atoms with E-state index in [-0.39, 0.29) is 6.54 Å². The van der Waals surface area contributed by atoms with Crippen molar-refractivity contribution < 1.29 is 17.6 Å². The Morgan fingerprint density at radius 2 is 2.14 bits per heavy atom. The van der Waals surface area contributed by atoms with E-state index in [2.05, 4.69) is 9.82 Å². The van der Waals surface area contributed by atoms with E-state index in [1.54, 1.807) is 17.1 Å². The van der Waals surface area contributed by atoms with E-state index in [0.29, 0.717) is 32.8 Å². The van der Waals surface area contributed by atoms with Crippen LogP contribution in [0.3, 0.4) is 0 Å². The molecule has 2 aromatic heterocycles. The Bertz CT molecular complexity index is 689. The fourth-order valence-electron chi connectivity index (χ4n) is 2.22. The van der Waals surface area contributed by atoms with Gasteiger partial charge in [-0.05, 0) is 12.1 Å². The second-order valence-electron chi connectivity index (χ2n) is 4.88. The lowest BCUT2D eigenvalue weighted by Crippen LogP contribution is -2.47. The first kappa shape index (κ1) is 15.2. The van der Waals surface area contributed by atoms with Gasteiger partial charge in [-0.25, -0.2) is 4.72 Å². The van der Waals surface area contributed by atoms with Gasteiger partial charge in [0.15, 0.2) is 0 Å². The Kier molecular flexibility index (Phi) is 4.57. The molecule has 1 fully saturated rings. The molecule has 0 bridgehead atoms. The molecule has 22 heavy (non-hydrogen) atoms. The molecule has 0 aliphatic carbocycles. The van der Waals surface area contributed by atoms with Gasteiger partial charge in [0.25, 0.3) is 10.2 Å². The van der Waals surface area contributed by atoms with Crippen LogP contribution in [0.2, 0.25) is 0 Å². The van der Waals surface area contributed by atoms with Crippen molar-refractivity contribution >= 4 is 10.2 Å². The first-order chi connectivity index (χ1) is 10.6. The molecule has 0 saturated carbocycles. The van der Waals surface area contributed by atoms with Crippen LogP contribution in [0, 0.1) is 0 Å². The van der Waals surface area contributed by atoms with E-state index in [0.717, 1.165) is 11.3 Å². The van der Waals surface area contributed by atoms with Gasteiger partial charge in [-0.3, -0.25) is 4.68 Å². The molecule has 0 aromatic carbocycles. The van der Waals surface area contributed by atoms with Gasteiger partial charge >= 0.3 is 0 Å². The molecule has 0 radical (unpaired) electrons. The van der Waals surface area contributed by atoms with Crippen LogP contribution in [0.15, 0.2) is 35.2 Å². The monoisotopic (exact) mass is 326 g/mol. The molecule has 9 heteroatoms. The summed E-state index contributed by atoms with van der Waals surface area (Å²) in [6.45, 7) is 2.38. The highest BCUT2D eigenvalue weighted by Gasteiger charge is 2.23. The maximum atomic E-state index is 12.1. The van der Waals surface area contributed by atoms with Crippen molar-refractivity contribution in [3.63, 3.8) is 0 Å². The second-order valence-corrected chi connectivity index (χ2v) is 6.64. The van der Waals surface area contributed by atoms with Crippen LogP contribution in [0.25, 0.3) is 11.3 Å². The van der Waals surface area contributed by atoms with Gasteiger partial charge in [-0.1, -0.05) is 0 Å². The minimum atomic E-state index is -3.45. The molecule has 1 aliphatic heterocycles. The predicted octanol–water partition coefficient (Wildman–Crippen LogP) is 0.310. The van der Waals surface area contributed by atoms with Gasteiger partial charge < -0.3 is 9.15 Å². The SMILES string of the molecule is O=S(=O)(NCCn1cc(-c2ccco2)cn1)N1CCOCC1. The molecule has 2 aromatic rings. The zero-order chi connectivity index (χ0) is 15.4. The van der Waals surface area contributed by atoms with Crippen molar-refractivity contribution in [3.8, 4) is 11.3 Å². The largest absolute Gasteiger partial charge is 0.464 e. The Morgan fingerprint density at radius 1 is 1.32 bits per heavy atom. The summed E-state index contributed by atoms with van der Waals surface area (Å²) in [5.41, 5.74) is 0.862. The molecule has 0 amide bonds. The van der Waals surface area contributed by atoms with Crippen LogP contribution >= 0.6 is 0 Å². The number of hydrogen-bond donors (Lipinski definition) is 1. The number of rotatable bonds is 6. The number of nitrogens with zero attached hydrogens (tertiary/aromatic N) is 3. The van der Waals surface area contributed by atoms with Crippen molar-refractivity contribution in [1.82, 2.24) is 18.8 Å². The third-order valence-corrected chi connectivity index (χ3v) is 4.99. The van der Waals surface area contributed by atoms with E-state index in [4.69, 9.17) is 9.15 Å². The van der Waals surface area contributed by atoms with Crippen LogP contribution in [-0.4, -0.2) is 55.4 Å². The molecule has 1 N–H and O–H groups in total. The van der Waals surface area contributed by atoms with Gasteiger partial charge in [0.05, 0.1) is 37.8 Å². The van der Waals surface area contributed by atoms with E-state index in [1.807, 2.05) is 18.3 Å². The van der Waals surface area contributed by atoms with Crippen molar-refractivity contribution in [1.29, 1.82) is 0 Å². The van der Waals surface area contributed by atoms with Crippen LogP contribution in [0.5, 0.6) is 0 Å². The van der Waals surface area contributed by atoms with E-state index >= 15 is 0 Å². The zero-order valence-corrected chi connectivity index (χ0v) is 12.8. The molecule has 120 valence electrons. The fourth-order valence-corrected chi connectivity index (χ4v) is 3.38. The highest BCUT2D eigenvalue weighted by Crippen LogP contribution is 2.18. The number of nitrogens with one attached hydrogen (secondary N) is 1. The summed E-state index contributed by atoms with van der Waals surface area (Å²) in [4.78, 5) is 0. The van der Waals surface area contributed by atoms with Crippen molar-refractivity contribution in [2.24, 2.45) is 0 Å². The van der Waals surface area contributed by atoms with Crippen molar-refractivity contribution in [3.05, 3.63) is 30.8 Å². The molecule has 0 spiro atoms. The average Bonchev–Trinajstić information content (AvgIpc) is 3.19. The van der Waals surface area contributed by atoms with Crippen molar-refractivity contribution in [2.75, 3.05) is 32.8 Å². The molecule has 3 rings (SSSR count). The van der Waals surface area contributed by atoms with Gasteiger partial charge in [0, 0.05) is 25.8 Å². The predicted molar refractivity (Wildman–Crippen MR) is 79.2 cm³/mol. The fraction of sp³-hybridized carbons (Fsp3) is 0.462. The quantitative estimate of drug-likeness (QED) is 0.825. The molecule has 0 unspecified atom stereocenters. The van der Waals surface area contributed by atoms with E-state index < -0.39 is 10.2 Å². The van der Waals surface area contributed by atoms with Gasteiger partial charge in [0.2, 0.25) is 0 Å². The molecule has 3 heterocycles. The smallest absolute Gasteiger partial charge is 0.279 e. The highest BCUT2D eigenvalue weighted by atomic mass is 32.2. The maximum absolute atomic E-state index is 12.1. The lowest BCUT2D eigenvalue weighted by atomic mass is 10.3. The third kappa shape index (κ3) is 3.55. The summed E-state index contributed by atoms with van der Waals surface area (Å²) in [6, 6.07) is 3.66. The van der Waals surface area contributed by atoms with Gasteiger partial charge in [0.1, 0.15) is 5.76 Å². The first-order valence-corrected chi connectivity index (χ1v) is 8.48. The van der Waals surface area contributed by atoms with Crippen LogP contribution in [-0.2, 0) is 21.5 Å². The van der Waals surface area contributed by atoms with Crippen LogP contribution < -0.4 is 4.72 Å². The molecule has 8 nitrogen and oxygen atoms in total. The lowest BCUT2D eigenvalue weighted by Gasteiger charge is -2.26. The summed E-state index contributed by atoms with van der Waals surface area (Å²) in [5, 5.41) is 4.19. The topological polar surface area (TPSA) is 89.6 Å². The summed E-state index contributed by atoms with van der Waals surface area (Å²) in [5.74, 6) is 0.736. The summed E-state index contributed by atoms with van der Waals surface area (Å²) in [6.07, 6.45) is 5.11. The number of ether oxygens (including phenoxy) is 1. The van der Waals surface area contributed by atoms with E-state index in [1.165, 1.54) is 4.31 Å². The normalized spacial score (nSPS) is 16.9. The number of furan rings is 1. The summed E-state index contributed by atoms with van der Waals surface area (Å²) >= 11 is 0. The highest BCUT2D eigenvalue weighted by molar-refractivity contribution is 7.87. The average molecular weight is 326 g/mol. The number of aromatic nitrogens is 2. The number of morpholine rings is 1. The van der Waals surface area contributed by atoms with Gasteiger partial charge in [-0.15, -0.1) is 0 Å². The van der Waals surface area contributed by atoms with E-state index in [9.17, 15) is 8.42 Å². The minimum absolute atomic E-state index is 0.277. The molecular weight excluding hydrogens is 308 g/mol. The number of hydrogen-bond acceptors (Lipinski definition) is 5. The van der Waals surface area contributed by atoms with Crippen LogP contribution in [0.1, 0.15) is 0 Å². The summed E-state index contributed by atoms with van der Waals surface area (Å²) in [7, 11) is -3.45. The van der Waals surface area contributed by atoms with Crippen LogP contribution in [0.4, 0.5) is 0 Å². The zero-order valence-electron chi connectivity index (χ0n) is 12.0. The first-order valence-electron chi connectivity index (χ1n) is 7.04. The molecule has 0 atom stereocenters.